The van der Waals surface area contributed by atoms with E-state index >= 15 is 0 Å². The molecule has 0 spiro atoms. The lowest BCUT2D eigenvalue weighted by atomic mass is 9.87. The van der Waals surface area contributed by atoms with Crippen molar-refractivity contribution in [3.05, 3.63) is 193 Å². The third-order valence-electron chi connectivity index (χ3n) is 12.0. The molecule has 2 aliphatic rings. The first-order valence-electron chi connectivity index (χ1n) is 19.1. The molecule has 0 radical (unpaired) electrons. The molecule has 258 valence electrons. The highest BCUT2D eigenvalue weighted by Crippen LogP contribution is 2.46. The molecule has 0 saturated carbocycles. The predicted molar refractivity (Wildman–Crippen MR) is 229 cm³/mol. The molecule has 1 aromatic heterocycles. The number of hydrogen-bond donors (Lipinski definition) is 1. The number of fused-ring (bicyclic) bond motifs is 11. The number of nitrogens with zero attached hydrogens (tertiary/aromatic N) is 2. The zero-order valence-corrected chi connectivity index (χ0v) is 30.2. The Kier molecular flexibility index (Phi) is 7.11. The van der Waals surface area contributed by atoms with Crippen molar-refractivity contribution < 1.29 is 0 Å². The Balaban J connectivity index is 1.12. The summed E-state index contributed by atoms with van der Waals surface area (Å²) in [6.07, 6.45) is 10.7. The van der Waals surface area contributed by atoms with Gasteiger partial charge in [0, 0.05) is 44.9 Å². The summed E-state index contributed by atoms with van der Waals surface area (Å²) in [6.45, 7) is 0. The SMILES string of the molecule is CN1C(c2ccc3ccccc3c2)NC(c2ccccc2)=CC1C1C=C(n2c3ccccc3c3c4c5ccccc5ccc4c4ccccc4c32)C=CC1. The van der Waals surface area contributed by atoms with Gasteiger partial charge in [-0.2, -0.15) is 0 Å². The molecule has 3 unspecified atom stereocenters. The minimum Gasteiger partial charge on any atom is -0.366 e. The average molecular weight is 694 g/mol. The smallest absolute Gasteiger partial charge is 0.106 e. The lowest BCUT2D eigenvalue weighted by Crippen LogP contribution is -2.48. The van der Waals surface area contributed by atoms with Gasteiger partial charge >= 0.3 is 0 Å². The summed E-state index contributed by atoms with van der Waals surface area (Å²) in [7, 11) is 2.28. The van der Waals surface area contributed by atoms with E-state index in [9.17, 15) is 0 Å². The lowest BCUT2D eigenvalue weighted by Gasteiger charge is -2.43. The van der Waals surface area contributed by atoms with Crippen LogP contribution in [0.3, 0.4) is 0 Å². The number of allylic oxidation sites excluding steroid dienone is 3. The molecule has 1 N–H and O–H groups in total. The maximum absolute atomic E-state index is 3.95. The van der Waals surface area contributed by atoms with E-state index in [4.69, 9.17) is 0 Å². The van der Waals surface area contributed by atoms with Gasteiger partial charge in [-0.1, -0.05) is 158 Å². The number of likely N-dealkylation sites (N-methyl/N-ethyl adjacent to an activating group) is 1. The number of hydrogen-bond acceptors (Lipinski definition) is 2. The van der Waals surface area contributed by atoms with Crippen LogP contribution < -0.4 is 5.32 Å². The van der Waals surface area contributed by atoms with Crippen LogP contribution in [0.1, 0.15) is 23.7 Å². The predicted octanol–water partition coefficient (Wildman–Crippen LogP) is 12.5. The highest BCUT2D eigenvalue weighted by Gasteiger charge is 2.34. The molecule has 11 rings (SSSR count). The Bertz CT molecular complexity index is 3040. The molecular weight excluding hydrogens is 655 g/mol. The molecule has 0 bridgehead atoms. The second-order valence-electron chi connectivity index (χ2n) is 15.0. The largest absolute Gasteiger partial charge is 0.366 e. The molecule has 0 amide bonds. The molecule has 2 heterocycles. The summed E-state index contributed by atoms with van der Waals surface area (Å²) < 4.78 is 2.56. The third-order valence-corrected chi connectivity index (χ3v) is 12.0. The van der Waals surface area contributed by atoms with Crippen LogP contribution in [-0.2, 0) is 0 Å². The molecule has 3 nitrogen and oxygen atoms in total. The second kappa shape index (κ2) is 12.3. The van der Waals surface area contributed by atoms with Crippen LogP contribution >= 0.6 is 0 Å². The van der Waals surface area contributed by atoms with E-state index < -0.39 is 0 Å². The van der Waals surface area contributed by atoms with Crippen LogP contribution in [0, 0.1) is 5.92 Å². The van der Waals surface area contributed by atoms with Crippen molar-refractivity contribution in [1.82, 2.24) is 14.8 Å². The third kappa shape index (κ3) is 4.79. The lowest BCUT2D eigenvalue weighted by molar-refractivity contribution is 0.147. The number of para-hydroxylation sites is 1. The Morgan fingerprint density at radius 3 is 2.09 bits per heavy atom. The van der Waals surface area contributed by atoms with Gasteiger partial charge in [-0.3, -0.25) is 4.90 Å². The van der Waals surface area contributed by atoms with Crippen molar-refractivity contribution in [2.75, 3.05) is 7.05 Å². The Labute approximate surface area is 314 Å². The van der Waals surface area contributed by atoms with Gasteiger partial charge in [-0.25, -0.2) is 0 Å². The van der Waals surface area contributed by atoms with Gasteiger partial charge in [0.2, 0.25) is 0 Å². The first-order chi connectivity index (χ1) is 26.7. The van der Waals surface area contributed by atoms with Crippen molar-refractivity contribution in [3.63, 3.8) is 0 Å². The van der Waals surface area contributed by atoms with E-state index in [1.54, 1.807) is 0 Å². The minimum absolute atomic E-state index is 0.0133. The van der Waals surface area contributed by atoms with Crippen molar-refractivity contribution >= 4 is 76.3 Å². The molecule has 8 aromatic carbocycles. The quantitative estimate of drug-likeness (QED) is 0.185. The first-order valence-corrected chi connectivity index (χ1v) is 19.1. The van der Waals surface area contributed by atoms with Crippen LogP contribution in [0.15, 0.2) is 182 Å². The molecule has 3 atom stereocenters. The molecule has 1 aliphatic heterocycles. The minimum atomic E-state index is 0.0133. The van der Waals surface area contributed by atoms with Gasteiger partial charge in [0.05, 0.1) is 11.0 Å². The molecule has 54 heavy (non-hydrogen) atoms. The standard InChI is InChI=1S/C51H39N3/c1-53-47(32-45(35-16-3-2-4-17-35)52-51(53)38-27-26-33-14-5-6-18-36(33)30-38)37-19-13-20-39(31-37)54-46-25-12-11-24-44(46)49-48-40-21-8-7-15-34(40)28-29-42(48)41-22-9-10-23-43(41)50(49)54/h2-18,20-32,37,47,51-52H,19H2,1H3. The first kappa shape index (κ1) is 31.1. The van der Waals surface area contributed by atoms with Gasteiger partial charge in [-0.15, -0.1) is 0 Å². The maximum Gasteiger partial charge on any atom is 0.106 e. The molecule has 0 fully saturated rings. The van der Waals surface area contributed by atoms with Crippen LogP contribution in [0.25, 0.3) is 76.3 Å². The fourth-order valence-corrected chi connectivity index (χ4v) is 9.46. The number of rotatable bonds is 4. The van der Waals surface area contributed by atoms with E-state index in [-0.39, 0.29) is 18.1 Å². The maximum atomic E-state index is 3.95. The van der Waals surface area contributed by atoms with Crippen molar-refractivity contribution in [3.8, 4) is 0 Å². The van der Waals surface area contributed by atoms with Gasteiger partial charge in [0.1, 0.15) is 6.17 Å². The van der Waals surface area contributed by atoms with Gasteiger partial charge in [0.15, 0.2) is 0 Å². The fraction of sp³-hybridized carbons (Fsp3) is 0.0980. The molecule has 3 heteroatoms. The van der Waals surface area contributed by atoms with E-state index in [0.717, 1.165) is 6.42 Å². The zero-order chi connectivity index (χ0) is 35.8. The Morgan fingerprint density at radius 2 is 1.24 bits per heavy atom. The Hall–Kier alpha value is -6.42. The van der Waals surface area contributed by atoms with Gasteiger partial charge in [0.25, 0.3) is 0 Å². The highest BCUT2D eigenvalue weighted by molar-refractivity contribution is 6.37. The number of aromatic nitrogens is 1. The van der Waals surface area contributed by atoms with Crippen molar-refractivity contribution in [1.29, 1.82) is 0 Å². The average Bonchev–Trinajstić information content (AvgIpc) is 3.59. The zero-order valence-electron chi connectivity index (χ0n) is 30.2. The molecule has 9 aromatic rings. The monoisotopic (exact) mass is 693 g/mol. The van der Waals surface area contributed by atoms with Gasteiger partial charge in [-0.05, 0) is 81.2 Å². The van der Waals surface area contributed by atoms with Crippen LogP contribution in [0.4, 0.5) is 0 Å². The van der Waals surface area contributed by atoms with E-state index in [2.05, 4.69) is 204 Å². The van der Waals surface area contributed by atoms with E-state index in [1.165, 1.54) is 87.4 Å². The Morgan fingerprint density at radius 1 is 0.556 bits per heavy atom. The highest BCUT2D eigenvalue weighted by atomic mass is 15.3. The van der Waals surface area contributed by atoms with Crippen LogP contribution in [-0.4, -0.2) is 22.6 Å². The van der Waals surface area contributed by atoms with Gasteiger partial charge < -0.3 is 9.88 Å². The van der Waals surface area contributed by atoms with Crippen LogP contribution in [0.2, 0.25) is 0 Å². The summed E-state index contributed by atoms with van der Waals surface area (Å²) in [6, 6.07) is 58.0. The normalized spacial score (nSPS) is 19.2. The van der Waals surface area contributed by atoms with Crippen LogP contribution in [0.5, 0.6) is 0 Å². The summed E-state index contributed by atoms with van der Waals surface area (Å²) in [4.78, 5) is 2.54. The summed E-state index contributed by atoms with van der Waals surface area (Å²) in [5.74, 6) is 0.252. The summed E-state index contributed by atoms with van der Waals surface area (Å²) >= 11 is 0. The fourth-order valence-electron chi connectivity index (χ4n) is 9.46. The molecule has 0 saturated heterocycles. The topological polar surface area (TPSA) is 20.2 Å². The molecule has 1 aliphatic carbocycles. The number of nitrogens with one attached hydrogen (secondary N) is 1. The van der Waals surface area contributed by atoms with Crippen molar-refractivity contribution in [2.45, 2.75) is 18.6 Å². The molecular formula is C51H39N3. The summed E-state index contributed by atoms with van der Waals surface area (Å²) in [5.41, 5.74) is 7.41. The summed E-state index contributed by atoms with van der Waals surface area (Å²) in [5, 5.41) is 16.9. The van der Waals surface area contributed by atoms with E-state index in [0.29, 0.717) is 0 Å². The second-order valence-corrected chi connectivity index (χ2v) is 15.0. The van der Waals surface area contributed by atoms with E-state index in [1.807, 2.05) is 0 Å². The van der Waals surface area contributed by atoms with Crippen molar-refractivity contribution in [2.24, 2.45) is 5.92 Å². The number of benzene rings is 8.